The van der Waals surface area contributed by atoms with Crippen LogP contribution in [-0.2, 0) is 0 Å². The summed E-state index contributed by atoms with van der Waals surface area (Å²) in [7, 11) is 2.28. The van der Waals surface area contributed by atoms with Gasteiger partial charge in [-0.1, -0.05) is 0 Å². The lowest BCUT2D eigenvalue weighted by Gasteiger charge is -2.36. The van der Waals surface area contributed by atoms with Crippen LogP contribution in [0.1, 0.15) is 25.7 Å². The highest BCUT2D eigenvalue weighted by Crippen LogP contribution is 2.43. The fourth-order valence-electron chi connectivity index (χ4n) is 3.22. The predicted octanol–water partition coefficient (Wildman–Crippen LogP) is 3.87. The Morgan fingerprint density at radius 3 is 2.56 bits per heavy atom. The maximum atomic E-state index is 9.43. The van der Waals surface area contributed by atoms with Crippen molar-refractivity contribution in [1.82, 2.24) is 4.90 Å². The van der Waals surface area contributed by atoms with E-state index < -0.39 is 0 Å². The second-order valence-electron chi connectivity index (χ2n) is 5.38. The van der Waals surface area contributed by atoms with Crippen LogP contribution in [0.2, 0.25) is 0 Å². The van der Waals surface area contributed by atoms with E-state index in [9.17, 15) is 5.11 Å². The SMILES string of the molecule is CN1C2CCC1CC(Sc1ccc(O)cc1Br)C2. The molecule has 2 fully saturated rings. The van der Waals surface area contributed by atoms with Crippen molar-refractivity contribution in [3.63, 3.8) is 0 Å². The molecule has 0 aromatic heterocycles. The van der Waals surface area contributed by atoms with Crippen molar-refractivity contribution in [3.05, 3.63) is 22.7 Å². The minimum absolute atomic E-state index is 0.328. The largest absolute Gasteiger partial charge is 0.508 e. The Balaban J connectivity index is 1.70. The number of fused-ring (bicyclic) bond motifs is 2. The van der Waals surface area contributed by atoms with Crippen LogP contribution in [0.5, 0.6) is 5.75 Å². The molecule has 2 atom stereocenters. The normalized spacial score (nSPS) is 31.8. The van der Waals surface area contributed by atoms with Crippen molar-refractivity contribution in [2.45, 2.75) is 47.9 Å². The first-order valence-electron chi connectivity index (χ1n) is 6.50. The highest BCUT2D eigenvalue weighted by molar-refractivity contribution is 9.10. The van der Waals surface area contributed by atoms with Gasteiger partial charge in [-0.2, -0.15) is 0 Å². The molecule has 1 aromatic carbocycles. The Hall–Kier alpha value is -0.190. The van der Waals surface area contributed by atoms with Crippen molar-refractivity contribution in [2.75, 3.05) is 7.05 Å². The standard InChI is InChI=1S/C14H18BrNOS/c1-16-9-2-3-10(16)7-12(6-9)18-14-5-4-11(17)8-13(14)15/h4-5,8-10,12,17H,2-3,6-7H2,1H3. The molecule has 0 radical (unpaired) electrons. The fourth-order valence-corrected chi connectivity index (χ4v) is 5.18. The first-order valence-corrected chi connectivity index (χ1v) is 8.18. The van der Waals surface area contributed by atoms with E-state index in [1.807, 2.05) is 17.8 Å². The second kappa shape index (κ2) is 5.06. The van der Waals surface area contributed by atoms with Gasteiger partial charge in [0.2, 0.25) is 0 Å². The van der Waals surface area contributed by atoms with Crippen molar-refractivity contribution < 1.29 is 5.11 Å². The Kier molecular flexibility index (Phi) is 3.61. The van der Waals surface area contributed by atoms with Gasteiger partial charge in [-0.3, -0.25) is 0 Å². The van der Waals surface area contributed by atoms with Gasteiger partial charge < -0.3 is 10.0 Å². The molecule has 18 heavy (non-hydrogen) atoms. The summed E-state index contributed by atoms with van der Waals surface area (Å²) in [5, 5.41) is 10.1. The number of thioether (sulfide) groups is 1. The van der Waals surface area contributed by atoms with Gasteiger partial charge >= 0.3 is 0 Å². The molecule has 3 rings (SSSR count). The summed E-state index contributed by atoms with van der Waals surface area (Å²) in [5.41, 5.74) is 0. The Morgan fingerprint density at radius 1 is 1.28 bits per heavy atom. The molecule has 2 nitrogen and oxygen atoms in total. The van der Waals surface area contributed by atoms with Crippen LogP contribution < -0.4 is 0 Å². The van der Waals surface area contributed by atoms with Gasteiger partial charge in [-0.05, 0) is 66.9 Å². The zero-order valence-corrected chi connectivity index (χ0v) is 12.9. The number of aromatic hydroxyl groups is 1. The maximum absolute atomic E-state index is 9.43. The Bertz CT molecular complexity index is 439. The number of halogens is 1. The molecule has 2 unspecified atom stereocenters. The molecule has 98 valence electrons. The Morgan fingerprint density at radius 2 is 1.94 bits per heavy atom. The molecule has 0 spiro atoms. The number of benzene rings is 1. The number of hydrogen-bond donors (Lipinski definition) is 1. The van der Waals surface area contributed by atoms with Crippen LogP contribution in [0.15, 0.2) is 27.6 Å². The number of phenols is 1. The highest BCUT2D eigenvalue weighted by atomic mass is 79.9. The maximum Gasteiger partial charge on any atom is 0.116 e. The third-order valence-electron chi connectivity index (χ3n) is 4.26. The molecule has 1 N–H and O–H groups in total. The first-order chi connectivity index (χ1) is 8.63. The molecule has 1 aromatic rings. The van der Waals surface area contributed by atoms with Crippen LogP contribution >= 0.6 is 27.7 Å². The first kappa shape index (κ1) is 12.8. The van der Waals surface area contributed by atoms with Crippen molar-refractivity contribution in [3.8, 4) is 5.75 Å². The van der Waals surface area contributed by atoms with Gasteiger partial charge in [0.25, 0.3) is 0 Å². The van der Waals surface area contributed by atoms with Crippen LogP contribution in [0.3, 0.4) is 0 Å². The summed E-state index contributed by atoms with van der Waals surface area (Å²) in [6.45, 7) is 0. The number of hydrogen-bond acceptors (Lipinski definition) is 3. The van der Waals surface area contributed by atoms with Crippen LogP contribution in [0.4, 0.5) is 0 Å². The molecule has 2 aliphatic rings. The van der Waals surface area contributed by atoms with Gasteiger partial charge in [0.1, 0.15) is 5.75 Å². The van der Waals surface area contributed by atoms with E-state index in [0.717, 1.165) is 21.8 Å². The summed E-state index contributed by atoms with van der Waals surface area (Å²) < 4.78 is 1.01. The van der Waals surface area contributed by atoms with Crippen molar-refractivity contribution >= 4 is 27.7 Å². The third kappa shape index (κ3) is 2.43. The molecular formula is C14H18BrNOS. The zero-order chi connectivity index (χ0) is 12.7. The second-order valence-corrected chi connectivity index (χ2v) is 7.57. The van der Waals surface area contributed by atoms with E-state index in [1.54, 1.807) is 12.1 Å². The summed E-state index contributed by atoms with van der Waals surface area (Å²) in [6, 6.07) is 7.15. The van der Waals surface area contributed by atoms with Gasteiger partial charge in [-0.15, -0.1) is 11.8 Å². The highest BCUT2D eigenvalue weighted by Gasteiger charge is 2.38. The van der Waals surface area contributed by atoms with E-state index in [2.05, 4.69) is 27.9 Å². The van der Waals surface area contributed by atoms with E-state index >= 15 is 0 Å². The molecule has 0 saturated carbocycles. The lowest BCUT2D eigenvalue weighted by Crippen LogP contribution is -2.40. The van der Waals surface area contributed by atoms with Crippen molar-refractivity contribution in [2.24, 2.45) is 0 Å². The fraction of sp³-hybridized carbons (Fsp3) is 0.571. The average Bonchev–Trinajstić information content (AvgIpc) is 2.57. The average molecular weight is 328 g/mol. The molecule has 2 bridgehead atoms. The quantitative estimate of drug-likeness (QED) is 0.891. The molecule has 2 heterocycles. The lowest BCUT2D eigenvalue weighted by atomic mass is 10.0. The third-order valence-corrected chi connectivity index (χ3v) is 6.51. The molecule has 4 heteroatoms. The summed E-state index contributed by atoms with van der Waals surface area (Å²) in [4.78, 5) is 3.82. The van der Waals surface area contributed by atoms with Gasteiger partial charge in [0, 0.05) is 26.7 Å². The zero-order valence-electron chi connectivity index (χ0n) is 10.5. The van der Waals surface area contributed by atoms with Gasteiger partial charge in [-0.25, -0.2) is 0 Å². The molecule has 2 aliphatic heterocycles. The van der Waals surface area contributed by atoms with Crippen LogP contribution in [0.25, 0.3) is 0 Å². The Labute approximate surface area is 121 Å². The summed E-state index contributed by atoms with van der Waals surface area (Å²) in [6.07, 6.45) is 5.33. The minimum Gasteiger partial charge on any atom is -0.508 e. The van der Waals surface area contributed by atoms with E-state index in [4.69, 9.17) is 0 Å². The number of piperidine rings is 1. The summed E-state index contributed by atoms with van der Waals surface area (Å²) >= 11 is 5.51. The molecule has 0 aliphatic carbocycles. The van der Waals surface area contributed by atoms with E-state index in [1.165, 1.54) is 30.6 Å². The smallest absolute Gasteiger partial charge is 0.116 e. The monoisotopic (exact) mass is 327 g/mol. The lowest BCUT2D eigenvalue weighted by molar-refractivity contribution is 0.183. The van der Waals surface area contributed by atoms with Gasteiger partial charge in [0.05, 0.1) is 0 Å². The van der Waals surface area contributed by atoms with E-state index in [-0.39, 0.29) is 0 Å². The number of rotatable bonds is 2. The van der Waals surface area contributed by atoms with Crippen LogP contribution in [-0.4, -0.2) is 34.4 Å². The van der Waals surface area contributed by atoms with E-state index in [0.29, 0.717) is 5.75 Å². The van der Waals surface area contributed by atoms with Gasteiger partial charge in [0.15, 0.2) is 0 Å². The molecule has 2 saturated heterocycles. The topological polar surface area (TPSA) is 23.5 Å². The minimum atomic E-state index is 0.328. The van der Waals surface area contributed by atoms with Crippen LogP contribution in [0, 0.1) is 0 Å². The summed E-state index contributed by atoms with van der Waals surface area (Å²) in [5.74, 6) is 0.328. The predicted molar refractivity (Wildman–Crippen MR) is 79.3 cm³/mol. The molecule has 0 amide bonds. The molecular weight excluding hydrogens is 310 g/mol. The van der Waals surface area contributed by atoms with Crippen molar-refractivity contribution in [1.29, 1.82) is 0 Å². The number of nitrogens with zero attached hydrogens (tertiary/aromatic N) is 1. The number of phenolic OH excluding ortho intramolecular Hbond substituents is 1.